The second-order valence-electron chi connectivity index (χ2n) is 8.20. The summed E-state index contributed by atoms with van der Waals surface area (Å²) in [6, 6.07) is 17.2. The summed E-state index contributed by atoms with van der Waals surface area (Å²) in [4.78, 5) is 41.5. The molecule has 2 heterocycles. The number of hydrogen-bond acceptors (Lipinski definition) is 3. The molecule has 2 aromatic carbocycles. The summed E-state index contributed by atoms with van der Waals surface area (Å²) in [6.45, 7) is 3.53. The lowest BCUT2D eigenvalue weighted by Gasteiger charge is -2.33. The largest absolute Gasteiger partial charge is 0.342 e. The zero-order valence-electron chi connectivity index (χ0n) is 17.2. The highest BCUT2D eigenvalue weighted by Gasteiger charge is 2.38. The minimum absolute atomic E-state index is 0.00744. The van der Waals surface area contributed by atoms with E-state index in [1.807, 2.05) is 66.4 Å². The molecule has 0 spiro atoms. The number of piperidine rings is 1. The molecule has 156 valence electrons. The van der Waals surface area contributed by atoms with Crippen LogP contribution < -0.4 is 10.2 Å². The second-order valence-corrected chi connectivity index (χ2v) is 8.20. The van der Waals surface area contributed by atoms with Crippen LogP contribution in [0.25, 0.3) is 0 Å². The zero-order chi connectivity index (χ0) is 21.1. The van der Waals surface area contributed by atoms with E-state index in [1.165, 1.54) is 0 Å². The maximum Gasteiger partial charge on any atom is 0.228 e. The summed E-state index contributed by atoms with van der Waals surface area (Å²) in [5.74, 6) is -0.374. The highest BCUT2D eigenvalue weighted by Crippen LogP contribution is 2.28. The molecule has 1 N–H and O–H groups in total. The van der Waals surface area contributed by atoms with Crippen LogP contribution in [0.4, 0.5) is 11.4 Å². The first kappa shape index (κ1) is 20.1. The molecule has 0 aromatic heterocycles. The summed E-state index contributed by atoms with van der Waals surface area (Å²) in [6.07, 6.45) is 1.54. The van der Waals surface area contributed by atoms with Crippen molar-refractivity contribution in [3.63, 3.8) is 0 Å². The van der Waals surface area contributed by atoms with E-state index >= 15 is 0 Å². The molecule has 3 amide bonds. The van der Waals surface area contributed by atoms with E-state index in [0.29, 0.717) is 32.5 Å². The predicted molar refractivity (Wildman–Crippen MR) is 116 cm³/mol. The van der Waals surface area contributed by atoms with Crippen molar-refractivity contribution in [2.75, 3.05) is 29.9 Å². The lowest BCUT2D eigenvalue weighted by molar-refractivity contribution is -0.138. The van der Waals surface area contributed by atoms with Crippen LogP contribution in [-0.2, 0) is 14.4 Å². The normalized spacial score (nSPS) is 19.8. The molecule has 0 radical (unpaired) electrons. The van der Waals surface area contributed by atoms with E-state index in [1.54, 1.807) is 4.90 Å². The molecule has 6 heteroatoms. The van der Waals surface area contributed by atoms with Gasteiger partial charge < -0.3 is 15.1 Å². The first-order valence-corrected chi connectivity index (χ1v) is 10.5. The maximum atomic E-state index is 13.0. The smallest absolute Gasteiger partial charge is 0.228 e. The van der Waals surface area contributed by atoms with Crippen molar-refractivity contribution in [3.05, 3.63) is 60.2 Å². The maximum absolute atomic E-state index is 13.0. The number of carbonyl (C=O) groups is 3. The molecule has 2 aromatic rings. The van der Waals surface area contributed by atoms with Gasteiger partial charge in [0.05, 0.1) is 5.92 Å². The van der Waals surface area contributed by atoms with Crippen LogP contribution in [-0.4, -0.2) is 42.3 Å². The number of nitrogens with zero attached hydrogens (tertiary/aromatic N) is 2. The van der Waals surface area contributed by atoms with Crippen LogP contribution in [0.5, 0.6) is 0 Å². The molecule has 0 saturated carbocycles. The molecule has 0 aliphatic carbocycles. The quantitative estimate of drug-likeness (QED) is 0.849. The van der Waals surface area contributed by atoms with Gasteiger partial charge in [0.2, 0.25) is 17.7 Å². The van der Waals surface area contributed by atoms with Crippen molar-refractivity contribution in [1.82, 2.24) is 4.90 Å². The SMILES string of the molecule is Cc1cccc(NC(=O)C2CCN(C(=O)C3CC(=O)N(c4ccccc4)C3)CC2)c1. The van der Waals surface area contributed by atoms with Crippen LogP contribution in [0.1, 0.15) is 24.8 Å². The Hall–Kier alpha value is -3.15. The molecule has 2 fully saturated rings. The number of aryl methyl sites for hydroxylation is 1. The van der Waals surface area contributed by atoms with E-state index in [9.17, 15) is 14.4 Å². The Morgan fingerprint density at radius 3 is 2.40 bits per heavy atom. The molecule has 1 unspecified atom stereocenters. The fraction of sp³-hybridized carbons (Fsp3) is 0.375. The van der Waals surface area contributed by atoms with Gasteiger partial charge in [0.25, 0.3) is 0 Å². The van der Waals surface area contributed by atoms with E-state index in [-0.39, 0.29) is 36.0 Å². The molecule has 1 atom stereocenters. The van der Waals surface area contributed by atoms with Gasteiger partial charge in [-0.3, -0.25) is 14.4 Å². The van der Waals surface area contributed by atoms with Crippen molar-refractivity contribution in [3.8, 4) is 0 Å². The average molecular weight is 405 g/mol. The number of likely N-dealkylation sites (tertiary alicyclic amines) is 1. The Labute approximate surface area is 176 Å². The van der Waals surface area contributed by atoms with Gasteiger partial charge in [-0.25, -0.2) is 0 Å². The van der Waals surface area contributed by atoms with Gasteiger partial charge in [-0.05, 0) is 49.6 Å². The van der Waals surface area contributed by atoms with Gasteiger partial charge in [-0.15, -0.1) is 0 Å². The van der Waals surface area contributed by atoms with Crippen LogP contribution >= 0.6 is 0 Å². The fourth-order valence-electron chi connectivity index (χ4n) is 4.32. The molecule has 30 heavy (non-hydrogen) atoms. The Morgan fingerprint density at radius 2 is 1.70 bits per heavy atom. The Balaban J connectivity index is 1.30. The van der Waals surface area contributed by atoms with Gasteiger partial charge in [-0.2, -0.15) is 0 Å². The summed E-state index contributed by atoms with van der Waals surface area (Å²) in [5, 5.41) is 2.99. The highest BCUT2D eigenvalue weighted by atomic mass is 16.2. The number of carbonyl (C=O) groups excluding carboxylic acids is 3. The minimum Gasteiger partial charge on any atom is -0.342 e. The minimum atomic E-state index is -0.310. The van der Waals surface area contributed by atoms with Crippen LogP contribution in [0.2, 0.25) is 0 Å². The van der Waals surface area contributed by atoms with E-state index in [0.717, 1.165) is 16.9 Å². The monoisotopic (exact) mass is 405 g/mol. The van der Waals surface area contributed by atoms with Gasteiger partial charge in [0.15, 0.2) is 0 Å². The van der Waals surface area contributed by atoms with Crippen molar-refractivity contribution in [1.29, 1.82) is 0 Å². The summed E-state index contributed by atoms with van der Waals surface area (Å²) < 4.78 is 0. The second kappa shape index (κ2) is 8.69. The van der Waals surface area contributed by atoms with Gasteiger partial charge in [0, 0.05) is 43.3 Å². The Bertz CT molecular complexity index is 936. The van der Waals surface area contributed by atoms with Crippen LogP contribution in [0, 0.1) is 18.8 Å². The van der Waals surface area contributed by atoms with Gasteiger partial charge in [0.1, 0.15) is 0 Å². The average Bonchev–Trinajstić information content (AvgIpc) is 3.15. The van der Waals surface area contributed by atoms with E-state index in [2.05, 4.69) is 5.32 Å². The molecule has 2 saturated heterocycles. The molecule has 0 bridgehead atoms. The third kappa shape index (κ3) is 4.37. The summed E-state index contributed by atoms with van der Waals surface area (Å²) in [5.41, 5.74) is 2.75. The number of para-hydroxylation sites is 1. The number of nitrogens with one attached hydrogen (secondary N) is 1. The number of benzene rings is 2. The molecule has 2 aliphatic heterocycles. The molecule has 2 aliphatic rings. The van der Waals surface area contributed by atoms with Crippen LogP contribution in [0.15, 0.2) is 54.6 Å². The van der Waals surface area contributed by atoms with E-state index in [4.69, 9.17) is 0 Å². The lowest BCUT2D eigenvalue weighted by atomic mass is 9.94. The van der Waals surface area contributed by atoms with Crippen molar-refractivity contribution < 1.29 is 14.4 Å². The Kier molecular flexibility index (Phi) is 5.84. The Morgan fingerprint density at radius 1 is 0.967 bits per heavy atom. The topological polar surface area (TPSA) is 69.7 Å². The number of rotatable bonds is 4. The van der Waals surface area contributed by atoms with Crippen molar-refractivity contribution >= 4 is 29.1 Å². The molecular formula is C24H27N3O3. The number of amides is 3. The highest BCUT2D eigenvalue weighted by molar-refractivity contribution is 6.00. The first-order valence-electron chi connectivity index (χ1n) is 10.5. The number of hydrogen-bond donors (Lipinski definition) is 1. The van der Waals surface area contributed by atoms with Crippen LogP contribution in [0.3, 0.4) is 0 Å². The van der Waals surface area contributed by atoms with Gasteiger partial charge >= 0.3 is 0 Å². The molecular weight excluding hydrogens is 378 g/mol. The predicted octanol–water partition coefficient (Wildman–Crippen LogP) is 3.23. The number of anilines is 2. The van der Waals surface area contributed by atoms with Crippen molar-refractivity contribution in [2.45, 2.75) is 26.2 Å². The van der Waals surface area contributed by atoms with E-state index < -0.39 is 0 Å². The fourth-order valence-corrected chi connectivity index (χ4v) is 4.32. The summed E-state index contributed by atoms with van der Waals surface area (Å²) in [7, 11) is 0. The van der Waals surface area contributed by atoms with Crippen molar-refractivity contribution in [2.24, 2.45) is 11.8 Å². The standard InChI is InChI=1S/C24H27N3O3/c1-17-6-5-7-20(14-17)25-23(29)18-10-12-26(13-11-18)24(30)19-15-22(28)27(16-19)21-8-3-2-4-9-21/h2-9,14,18-19H,10-13,15-16H2,1H3,(H,25,29). The third-order valence-corrected chi connectivity index (χ3v) is 6.01. The van der Waals surface area contributed by atoms with Gasteiger partial charge in [-0.1, -0.05) is 30.3 Å². The zero-order valence-corrected chi connectivity index (χ0v) is 17.2. The first-order chi connectivity index (χ1) is 14.5. The molecule has 6 nitrogen and oxygen atoms in total. The molecule has 4 rings (SSSR count). The third-order valence-electron chi connectivity index (χ3n) is 6.01. The summed E-state index contributed by atoms with van der Waals surface area (Å²) >= 11 is 0. The lowest BCUT2D eigenvalue weighted by Crippen LogP contribution is -2.44.